The molecule has 6 nitrogen and oxygen atoms in total. The lowest BCUT2D eigenvalue weighted by Crippen LogP contribution is -2.40. The summed E-state index contributed by atoms with van der Waals surface area (Å²) in [6.45, 7) is 3.03. The van der Waals surface area contributed by atoms with E-state index < -0.39 is 10.0 Å². The second-order valence-corrected chi connectivity index (χ2v) is 8.33. The van der Waals surface area contributed by atoms with Gasteiger partial charge in [0, 0.05) is 37.6 Å². The number of nitrogens with one attached hydrogen (secondary N) is 1. The van der Waals surface area contributed by atoms with Crippen LogP contribution in [0.15, 0.2) is 30.6 Å². The number of hydrogen-bond donors (Lipinski definition) is 1. The van der Waals surface area contributed by atoms with Crippen LogP contribution in [0.5, 0.6) is 0 Å². The maximum atomic E-state index is 11.3. The highest BCUT2D eigenvalue weighted by atomic mass is 32.2. The summed E-state index contributed by atoms with van der Waals surface area (Å²) in [5.41, 5.74) is 2.69. The van der Waals surface area contributed by atoms with Crippen LogP contribution in [0.25, 0.3) is 5.52 Å². The Morgan fingerprint density at radius 2 is 2.25 bits per heavy atom. The molecular formula is C17H22N4O2S. The van der Waals surface area contributed by atoms with Crippen LogP contribution in [0.2, 0.25) is 0 Å². The number of nitrogens with zero attached hydrogens (tertiary/aromatic N) is 3. The molecule has 1 atom stereocenters. The van der Waals surface area contributed by atoms with Gasteiger partial charge in [-0.25, -0.2) is 13.1 Å². The number of pyridine rings is 1. The van der Waals surface area contributed by atoms with Crippen molar-refractivity contribution in [2.45, 2.75) is 19.4 Å². The molecule has 24 heavy (non-hydrogen) atoms. The average molecular weight is 346 g/mol. The minimum Gasteiger partial charge on any atom is -0.322 e. The van der Waals surface area contributed by atoms with Gasteiger partial charge in [-0.1, -0.05) is 6.07 Å². The quantitative estimate of drug-likeness (QED) is 0.891. The summed E-state index contributed by atoms with van der Waals surface area (Å²) in [5.74, 6) is 0.316. The lowest BCUT2D eigenvalue weighted by Gasteiger charge is -2.32. The van der Waals surface area contributed by atoms with E-state index in [-0.39, 0.29) is 0 Å². The number of aromatic nitrogens is 1. The zero-order valence-electron chi connectivity index (χ0n) is 13.8. The van der Waals surface area contributed by atoms with Gasteiger partial charge in [-0.3, -0.25) is 4.90 Å². The molecule has 1 aliphatic heterocycles. The summed E-state index contributed by atoms with van der Waals surface area (Å²) in [6, 6.07) is 8.17. The number of piperidine rings is 1. The van der Waals surface area contributed by atoms with E-state index in [1.807, 2.05) is 35.0 Å². The van der Waals surface area contributed by atoms with Crippen LogP contribution in [0.3, 0.4) is 0 Å². The molecule has 3 rings (SSSR count). The SMILES string of the molecule is CS(=O)(=O)NC[C@H]1CCCN(Cc2cn3ccccc3c2C#N)C1. The summed E-state index contributed by atoms with van der Waals surface area (Å²) >= 11 is 0. The molecule has 1 saturated heterocycles. The summed E-state index contributed by atoms with van der Waals surface area (Å²) < 4.78 is 27.1. The molecule has 0 aromatic carbocycles. The largest absolute Gasteiger partial charge is 0.322 e. The van der Waals surface area contributed by atoms with Crippen molar-refractivity contribution >= 4 is 15.5 Å². The van der Waals surface area contributed by atoms with E-state index in [1.165, 1.54) is 6.26 Å². The minimum absolute atomic E-state index is 0.316. The van der Waals surface area contributed by atoms with Gasteiger partial charge in [0.15, 0.2) is 0 Å². The third-order valence-corrected chi connectivity index (χ3v) is 5.20. The summed E-state index contributed by atoms with van der Waals surface area (Å²) in [5, 5.41) is 9.50. The lowest BCUT2D eigenvalue weighted by atomic mass is 9.98. The Labute approximate surface area is 142 Å². The van der Waals surface area contributed by atoms with Crippen molar-refractivity contribution in [2.24, 2.45) is 5.92 Å². The second-order valence-electron chi connectivity index (χ2n) is 6.50. The molecule has 2 aromatic heterocycles. The number of likely N-dealkylation sites (tertiary alicyclic amines) is 1. The van der Waals surface area contributed by atoms with Gasteiger partial charge in [0.2, 0.25) is 10.0 Å². The molecule has 3 heterocycles. The number of hydrogen-bond acceptors (Lipinski definition) is 4. The molecule has 0 unspecified atom stereocenters. The van der Waals surface area contributed by atoms with Gasteiger partial charge in [0.05, 0.1) is 17.3 Å². The van der Waals surface area contributed by atoms with Gasteiger partial charge in [-0.2, -0.15) is 5.26 Å². The van der Waals surface area contributed by atoms with Crippen LogP contribution < -0.4 is 4.72 Å². The van der Waals surface area contributed by atoms with Crippen molar-refractivity contribution in [3.8, 4) is 6.07 Å². The standard InChI is InChI=1S/C17H22N4O2S/c1-24(22,23)19-10-14-5-4-7-20(11-14)12-15-13-21-8-3-2-6-17(21)16(15)9-18/h2-3,6,8,13-14,19H,4-5,7,10-12H2,1H3/t14-/m1/s1. The highest BCUT2D eigenvalue weighted by Gasteiger charge is 2.22. The number of nitriles is 1. The Morgan fingerprint density at radius 3 is 3.00 bits per heavy atom. The monoisotopic (exact) mass is 346 g/mol. The molecule has 0 saturated carbocycles. The van der Waals surface area contributed by atoms with Gasteiger partial charge >= 0.3 is 0 Å². The van der Waals surface area contributed by atoms with Crippen molar-refractivity contribution in [1.29, 1.82) is 5.26 Å². The average Bonchev–Trinajstić information content (AvgIpc) is 2.89. The predicted octanol–water partition coefficient (Wildman–Crippen LogP) is 1.57. The maximum Gasteiger partial charge on any atom is 0.208 e. The first-order valence-electron chi connectivity index (χ1n) is 8.12. The maximum absolute atomic E-state index is 11.3. The first-order valence-corrected chi connectivity index (χ1v) is 10.0. The third kappa shape index (κ3) is 3.96. The topological polar surface area (TPSA) is 77.6 Å². The highest BCUT2D eigenvalue weighted by Crippen LogP contribution is 2.23. The van der Waals surface area contributed by atoms with Crippen LogP contribution >= 0.6 is 0 Å². The molecule has 0 spiro atoms. The van der Waals surface area contributed by atoms with Gasteiger partial charge < -0.3 is 4.40 Å². The molecule has 1 aliphatic rings. The zero-order valence-corrected chi connectivity index (χ0v) is 14.6. The number of rotatable bonds is 5. The molecule has 0 aliphatic carbocycles. The highest BCUT2D eigenvalue weighted by molar-refractivity contribution is 7.88. The molecule has 0 bridgehead atoms. The molecular weight excluding hydrogens is 324 g/mol. The molecule has 2 aromatic rings. The van der Waals surface area contributed by atoms with Crippen LogP contribution in [0.4, 0.5) is 0 Å². The summed E-state index contributed by atoms with van der Waals surface area (Å²) in [4.78, 5) is 2.31. The van der Waals surface area contributed by atoms with Gasteiger partial charge in [0.1, 0.15) is 6.07 Å². The van der Waals surface area contributed by atoms with Crippen molar-refractivity contribution in [1.82, 2.24) is 14.0 Å². The van der Waals surface area contributed by atoms with Gasteiger partial charge in [0.25, 0.3) is 0 Å². The molecule has 1 N–H and O–H groups in total. The van der Waals surface area contributed by atoms with Crippen LogP contribution in [-0.2, 0) is 16.6 Å². The Balaban J connectivity index is 1.71. The normalized spacial score (nSPS) is 19.4. The predicted molar refractivity (Wildman–Crippen MR) is 93.0 cm³/mol. The zero-order chi connectivity index (χ0) is 17.2. The Bertz CT molecular complexity index is 866. The third-order valence-electron chi connectivity index (χ3n) is 4.51. The fourth-order valence-corrected chi connectivity index (χ4v) is 3.94. The van der Waals surface area contributed by atoms with Crippen molar-refractivity contribution < 1.29 is 8.42 Å². The molecule has 1 fully saturated rings. The molecule has 0 amide bonds. The number of fused-ring (bicyclic) bond motifs is 1. The Morgan fingerprint density at radius 1 is 1.42 bits per heavy atom. The van der Waals surface area contributed by atoms with Gasteiger partial charge in [-0.05, 0) is 37.4 Å². The van der Waals surface area contributed by atoms with Crippen LogP contribution in [-0.4, -0.2) is 43.6 Å². The second kappa shape index (κ2) is 6.93. The molecule has 7 heteroatoms. The Hall–Kier alpha value is -1.88. The lowest BCUT2D eigenvalue weighted by molar-refractivity contribution is 0.169. The first-order chi connectivity index (χ1) is 11.5. The Kier molecular flexibility index (Phi) is 4.90. The van der Waals surface area contributed by atoms with E-state index >= 15 is 0 Å². The fourth-order valence-electron chi connectivity index (χ4n) is 3.40. The van der Waals surface area contributed by atoms with Crippen molar-refractivity contribution in [3.05, 3.63) is 41.7 Å². The van der Waals surface area contributed by atoms with Crippen molar-refractivity contribution in [3.63, 3.8) is 0 Å². The van der Waals surface area contributed by atoms with Crippen LogP contribution in [0, 0.1) is 17.2 Å². The van der Waals surface area contributed by atoms with E-state index in [0.29, 0.717) is 12.5 Å². The molecule has 0 radical (unpaired) electrons. The van der Waals surface area contributed by atoms with E-state index in [2.05, 4.69) is 15.7 Å². The minimum atomic E-state index is -3.14. The van der Waals surface area contributed by atoms with E-state index in [4.69, 9.17) is 0 Å². The van der Waals surface area contributed by atoms with Crippen molar-refractivity contribution in [2.75, 3.05) is 25.9 Å². The van der Waals surface area contributed by atoms with Gasteiger partial charge in [-0.15, -0.1) is 0 Å². The fraction of sp³-hybridized carbons (Fsp3) is 0.471. The summed E-state index contributed by atoms with van der Waals surface area (Å²) in [7, 11) is -3.14. The molecule has 128 valence electrons. The van der Waals surface area contributed by atoms with Crippen LogP contribution in [0.1, 0.15) is 24.0 Å². The van der Waals surface area contributed by atoms with E-state index in [9.17, 15) is 13.7 Å². The van der Waals surface area contributed by atoms with E-state index in [1.54, 1.807) is 0 Å². The summed E-state index contributed by atoms with van der Waals surface area (Å²) in [6.07, 6.45) is 7.24. The smallest absolute Gasteiger partial charge is 0.208 e. The van der Waals surface area contributed by atoms with E-state index in [0.717, 1.165) is 49.1 Å². The first kappa shape index (κ1) is 17.0. The number of sulfonamides is 1.